The minimum atomic E-state index is 0.194. The number of likely N-dealkylation sites (N-methyl/N-ethyl adjacent to an activating group) is 1. The molecule has 1 N–H and O–H groups in total. The van der Waals surface area contributed by atoms with Crippen molar-refractivity contribution < 1.29 is 0 Å². The molecule has 1 aromatic rings. The van der Waals surface area contributed by atoms with E-state index in [0.29, 0.717) is 0 Å². The molecule has 1 aliphatic heterocycles. The fourth-order valence-electron chi connectivity index (χ4n) is 2.60. The van der Waals surface area contributed by atoms with Crippen LogP contribution in [0.15, 0.2) is 12.3 Å². The summed E-state index contributed by atoms with van der Waals surface area (Å²) in [6, 6.07) is 2.19. The highest BCUT2D eigenvalue weighted by Gasteiger charge is 2.28. The first-order valence-corrected chi connectivity index (χ1v) is 5.88. The van der Waals surface area contributed by atoms with Gasteiger partial charge < -0.3 is 10.2 Å². The van der Waals surface area contributed by atoms with Gasteiger partial charge in [0.2, 0.25) is 0 Å². The van der Waals surface area contributed by atoms with E-state index in [9.17, 15) is 0 Å². The van der Waals surface area contributed by atoms with Crippen molar-refractivity contribution in [2.75, 3.05) is 32.5 Å². The number of anilines is 1. The SMILES string of the molecule is CNc1cc2c(cn1)C(C)(C)CN(C)CC2. The van der Waals surface area contributed by atoms with Crippen LogP contribution < -0.4 is 5.32 Å². The van der Waals surface area contributed by atoms with E-state index in [0.717, 1.165) is 25.3 Å². The molecule has 0 bridgehead atoms. The van der Waals surface area contributed by atoms with Gasteiger partial charge in [-0.1, -0.05) is 13.8 Å². The van der Waals surface area contributed by atoms with Gasteiger partial charge in [0.15, 0.2) is 0 Å². The van der Waals surface area contributed by atoms with Crippen molar-refractivity contribution in [3.63, 3.8) is 0 Å². The zero-order chi connectivity index (χ0) is 11.8. The molecule has 0 radical (unpaired) electrons. The molecule has 0 aromatic carbocycles. The number of hydrogen-bond donors (Lipinski definition) is 1. The fraction of sp³-hybridized carbons (Fsp3) is 0.615. The zero-order valence-electron chi connectivity index (χ0n) is 10.7. The van der Waals surface area contributed by atoms with Crippen molar-refractivity contribution in [3.05, 3.63) is 23.4 Å². The molecule has 0 unspecified atom stereocenters. The molecular formula is C13H21N3. The summed E-state index contributed by atoms with van der Waals surface area (Å²) in [5.74, 6) is 0.971. The summed E-state index contributed by atoms with van der Waals surface area (Å²) in [4.78, 5) is 6.85. The van der Waals surface area contributed by atoms with Gasteiger partial charge in [0.25, 0.3) is 0 Å². The van der Waals surface area contributed by atoms with Gasteiger partial charge >= 0.3 is 0 Å². The van der Waals surface area contributed by atoms with Gasteiger partial charge in [0.1, 0.15) is 5.82 Å². The van der Waals surface area contributed by atoms with Crippen LogP contribution in [-0.4, -0.2) is 37.1 Å². The number of rotatable bonds is 1. The highest BCUT2D eigenvalue weighted by atomic mass is 15.1. The molecule has 0 aliphatic carbocycles. The Kier molecular flexibility index (Phi) is 2.89. The van der Waals surface area contributed by atoms with Crippen molar-refractivity contribution in [1.29, 1.82) is 0 Å². The van der Waals surface area contributed by atoms with Crippen LogP contribution in [-0.2, 0) is 11.8 Å². The number of fused-ring (bicyclic) bond motifs is 1. The number of nitrogens with one attached hydrogen (secondary N) is 1. The van der Waals surface area contributed by atoms with Crippen LogP contribution in [0.5, 0.6) is 0 Å². The normalized spacial score (nSPS) is 20.0. The number of aromatic nitrogens is 1. The van der Waals surface area contributed by atoms with Crippen LogP contribution in [0, 0.1) is 0 Å². The molecule has 2 rings (SSSR count). The molecule has 16 heavy (non-hydrogen) atoms. The maximum absolute atomic E-state index is 4.44. The van der Waals surface area contributed by atoms with Crippen molar-refractivity contribution >= 4 is 5.82 Å². The monoisotopic (exact) mass is 219 g/mol. The minimum absolute atomic E-state index is 0.194. The average Bonchev–Trinajstić information content (AvgIpc) is 2.35. The van der Waals surface area contributed by atoms with Gasteiger partial charge in [-0.15, -0.1) is 0 Å². The van der Waals surface area contributed by atoms with E-state index in [1.807, 2.05) is 13.2 Å². The maximum Gasteiger partial charge on any atom is 0.125 e. The predicted octanol–water partition coefficient (Wildman–Crippen LogP) is 1.89. The highest BCUT2D eigenvalue weighted by Crippen LogP contribution is 2.30. The summed E-state index contributed by atoms with van der Waals surface area (Å²) in [5, 5.41) is 3.11. The molecule has 0 fully saturated rings. The topological polar surface area (TPSA) is 28.2 Å². The third-order valence-electron chi connectivity index (χ3n) is 3.40. The van der Waals surface area contributed by atoms with Gasteiger partial charge in [-0.05, 0) is 30.7 Å². The van der Waals surface area contributed by atoms with Crippen LogP contribution >= 0.6 is 0 Å². The Morgan fingerprint density at radius 1 is 1.44 bits per heavy atom. The summed E-state index contributed by atoms with van der Waals surface area (Å²) < 4.78 is 0. The average molecular weight is 219 g/mol. The Balaban J connectivity index is 2.45. The van der Waals surface area contributed by atoms with Crippen molar-refractivity contribution in [2.24, 2.45) is 0 Å². The molecule has 0 amide bonds. The van der Waals surface area contributed by atoms with Crippen LogP contribution in [0.1, 0.15) is 25.0 Å². The van der Waals surface area contributed by atoms with Crippen molar-refractivity contribution in [3.8, 4) is 0 Å². The second-order valence-electron chi connectivity index (χ2n) is 5.35. The van der Waals surface area contributed by atoms with Crippen LogP contribution in [0.4, 0.5) is 5.82 Å². The van der Waals surface area contributed by atoms with E-state index in [1.165, 1.54) is 11.1 Å². The Morgan fingerprint density at radius 3 is 2.88 bits per heavy atom. The van der Waals surface area contributed by atoms with E-state index in [4.69, 9.17) is 0 Å². The summed E-state index contributed by atoms with van der Waals surface area (Å²) in [7, 11) is 4.11. The van der Waals surface area contributed by atoms with Gasteiger partial charge in [-0.25, -0.2) is 4.98 Å². The van der Waals surface area contributed by atoms with Crippen molar-refractivity contribution in [2.45, 2.75) is 25.7 Å². The maximum atomic E-state index is 4.44. The second-order valence-corrected chi connectivity index (χ2v) is 5.35. The summed E-state index contributed by atoms with van der Waals surface area (Å²) in [6.45, 7) is 6.83. The minimum Gasteiger partial charge on any atom is -0.373 e. The van der Waals surface area contributed by atoms with Crippen LogP contribution in [0.2, 0.25) is 0 Å². The number of nitrogens with zero attached hydrogens (tertiary/aromatic N) is 2. The lowest BCUT2D eigenvalue weighted by Gasteiger charge is -2.28. The molecule has 3 nitrogen and oxygen atoms in total. The van der Waals surface area contributed by atoms with Crippen LogP contribution in [0.25, 0.3) is 0 Å². The van der Waals surface area contributed by atoms with Gasteiger partial charge in [0, 0.05) is 31.7 Å². The Hall–Kier alpha value is -1.09. The third kappa shape index (κ3) is 2.05. The molecule has 0 saturated carbocycles. The van der Waals surface area contributed by atoms with E-state index in [-0.39, 0.29) is 5.41 Å². The zero-order valence-corrected chi connectivity index (χ0v) is 10.7. The molecular weight excluding hydrogens is 198 g/mol. The Bertz CT molecular complexity index is 385. The summed E-state index contributed by atoms with van der Waals surface area (Å²) in [5.41, 5.74) is 3.03. The smallest absolute Gasteiger partial charge is 0.125 e. The summed E-state index contributed by atoms with van der Waals surface area (Å²) >= 11 is 0. The van der Waals surface area contributed by atoms with Gasteiger partial charge in [-0.3, -0.25) is 0 Å². The summed E-state index contributed by atoms with van der Waals surface area (Å²) in [6.07, 6.45) is 3.16. The number of pyridine rings is 1. The molecule has 1 aromatic heterocycles. The lowest BCUT2D eigenvalue weighted by molar-refractivity contribution is 0.283. The first kappa shape index (κ1) is 11.4. The highest BCUT2D eigenvalue weighted by molar-refractivity contribution is 5.43. The number of hydrogen-bond acceptors (Lipinski definition) is 3. The second kappa shape index (κ2) is 4.06. The first-order chi connectivity index (χ1) is 7.53. The lowest BCUT2D eigenvalue weighted by atomic mass is 9.83. The van der Waals surface area contributed by atoms with E-state index >= 15 is 0 Å². The Labute approximate surface area is 97.9 Å². The molecule has 0 atom stereocenters. The van der Waals surface area contributed by atoms with E-state index < -0.39 is 0 Å². The van der Waals surface area contributed by atoms with Crippen molar-refractivity contribution in [1.82, 2.24) is 9.88 Å². The molecule has 0 spiro atoms. The van der Waals surface area contributed by atoms with E-state index in [2.05, 4.69) is 42.2 Å². The fourth-order valence-corrected chi connectivity index (χ4v) is 2.60. The van der Waals surface area contributed by atoms with Gasteiger partial charge in [-0.2, -0.15) is 0 Å². The van der Waals surface area contributed by atoms with Gasteiger partial charge in [0.05, 0.1) is 0 Å². The molecule has 1 aliphatic rings. The van der Waals surface area contributed by atoms with E-state index in [1.54, 1.807) is 0 Å². The Morgan fingerprint density at radius 2 is 2.19 bits per heavy atom. The first-order valence-electron chi connectivity index (χ1n) is 5.88. The third-order valence-corrected chi connectivity index (χ3v) is 3.40. The largest absolute Gasteiger partial charge is 0.373 e. The van der Waals surface area contributed by atoms with Crippen LogP contribution in [0.3, 0.4) is 0 Å². The molecule has 3 heteroatoms. The quantitative estimate of drug-likeness (QED) is 0.782. The predicted molar refractivity (Wildman–Crippen MR) is 68.0 cm³/mol. The lowest BCUT2D eigenvalue weighted by Crippen LogP contribution is -2.33. The standard InChI is InChI=1S/C13H21N3/c1-13(2)9-16(4)6-5-10-7-12(14-3)15-8-11(10)13/h7-8H,5-6,9H2,1-4H3,(H,14,15). The molecule has 0 saturated heterocycles. The molecule has 2 heterocycles. The molecule has 88 valence electrons.